The molecule has 0 saturated carbocycles. The van der Waals surface area contributed by atoms with Crippen LogP contribution in [0.5, 0.6) is 5.75 Å². The van der Waals surface area contributed by atoms with Gasteiger partial charge < -0.3 is 10.1 Å². The highest BCUT2D eigenvalue weighted by Crippen LogP contribution is 2.30. The summed E-state index contributed by atoms with van der Waals surface area (Å²) in [5.74, 6) is 0.0826. The van der Waals surface area contributed by atoms with Gasteiger partial charge in [-0.2, -0.15) is 0 Å². The first-order valence-electron chi connectivity index (χ1n) is 7.40. The predicted molar refractivity (Wildman–Crippen MR) is 114 cm³/mol. The number of nitrogens with one attached hydrogen (secondary N) is 2. The minimum atomic E-state index is -0.374. The van der Waals surface area contributed by atoms with Crippen molar-refractivity contribution in [1.29, 1.82) is 0 Å². The number of hydrogen-bond donors (Lipinski definition) is 2. The molecule has 0 atom stereocenters. The molecule has 0 spiro atoms. The number of ether oxygens (including phenoxy) is 1. The Morgan fingerprint density at radius 2 is 2.12 bits per heavy atom. The molecule has 2 N–H and O–H groups in total. The van der Waals surface area contributed by atoms with Crippen molar-refractivity contribution in [1.82, 2.24) is 10.3 Å². The second-order valence-corrected chi connectivity index (χ2v) is 8.10. The number of thiazole rings is 1. The summed E-state index contributed by atoms with van der Waals surface area (Å²) in [5.41, 5.74) is 2.13. The van der Waals surface area contributed by atoms with Crippen LogP contribution in [0.3, 0.4) is 0 Å². The van der Waals surface area contributed by atoms with Crippen molar-refractivity contribution in [2.24, 2.45) is 0 Å². The molecule has 1 aromatic heterocycles. The maximum atomic E-state index is 12.5. The van der Waals surface area contributed by atoms with E-state index in [4.69, 9.17) is 28.6 Å². The minimum Gasteiger partial charge on any atom is -0.496 e. The molecule has 9 heteroatoms. The summed E-state index contributed by atoms with van der Waals surface area (Å²) in [6.07, 6.45) is 0. The van der Waals surface area contributed by atoms with E-state index >= 15 is 0 Å². The van der Waals surface area contributed by atoms with Gasteiger partial charge in [-0.3, -0.25) is 10.1 Å². The van der Waals surface area contributed by atoms with Crippen LogP contribution in [0, 0.1) is 6.92 Å². The predicted octanol–water partition coefficient (Wildman–Crippen LogP) is 5.16. The molecular weight excluding hydrogens is 458 g/mol. The fourth-order valence-electron chi connectivity index (χ4n) is 2.26. The van der Waals surface area contributed by atoms with Crippen LogP contribution in [0.2, 0.25) is 5.02 Å². The van der Waals surface area contributed by atoms with Gasteiger partial charge in [0, 0.05) is 9.50 Å². The maximum Gasteiger partial charge on any atom is 0.261 e. The third kappa shape index (κ3) is 4.15. The number of thiocarbonyl (C=S) groups is 1. The van der Waals surface area contributed by atoms with Gasteiger partial charge in [0.1, 0.15) is 5.75 Å². The Morgan fingerprint density at radius 1 is 1.35 bits per heavy atom. The van der Waals surface area contributed by atoms with Gasteiger partial charge in [-0.1, -0.05) is 38.9 Å². The Hall–Kier alpha value is -1.74. The average Bonchev–Trinajstić information content (AvgIpc) is 2.95. The van der Waals surface area contributed by atoms with E-state index < -0.39 is 0 Å². The molecule has 0 saturated heterocycles. The molecule has 26 heavy (non-hydrogen) atoms. The summed E-state index contributed by atoms with van der Waals surface area (Å²) >= 11 is 16.1. The Morgan fingerprint density at radius 3 is 2.85 bits per heavy atom. The number of fused-ring (bicyclic) bond motifs is 1. The van der Waals surface area contributed by atoms with Crippen LogP contribution in [0.15, 0.2) is 34.8 Å². The van der Waals surface area contributed by atoms with Gasteiger partial charge in [0.15, 0.2) is 10.2 Å². The van der Waals surface area contributed by atoms with Crippen molar-refractivity contribution < 1.29 is 9.53 Å². The van der Waals surface area contributed by atoms with Gasteiger partial charge in [0.2, 0.25) is 0 Å². The number of rotatable bonds is 3. The summed E-state index contributed by atoms with van der Waals surface area (Å²) in [4.78, 5) is 16.9. The van der Waals surface area contributed by atoms with E-state index in [9.17, 15) is 4.79 Å². The largest absolute Gasteiger partial charge is 0.496 e. The monoisotopic (exact) mass is 469 g/mol. The van der Waals surface area contributed by atoms with E-state index in [0.29, 0.717) is 21.5 Å². The van der Waals surface area contributed by atoms with Crippen LogP contribution in [-0.4, -0.2) is 23.1 Å². The minimum absolute atomic E-state index is 0.152. The van der Waals surface area contributed by atoms with Crippen LogP contribution in [0.25, 0.3) is 10.2 Å². The molecule has 1 heterocycles. The molecule has 0 aliphatic heterocycles. The molecule has 134 valence electrons. The highest BCUT2D eigenvalue weighted by atomic mass is 79.9. The van der Waals surface area contributed by atoms with E-state index in [0.717, 1.165) is 20.3 Å². The summed E-state index contributed by atoms with van der Waals surface area (Å²) in [5, 5.41) is 6.96. The Kier molecular flexibility index (Phi) is 5.76. The highest BCUT2D eigenvalue weighted by molar-refractivity contribution is 9.10. The Labute approximate surface area is 172 Å². The second-order valence-electron chi connectivity index (χ2n) is 5.34. The standard InChI is InChI=1S/C17H13BrClN3O2S2/c1-8-5-14-12(7-11(8)19)20-17(26-14)22-16(25)21-15(23)10-6-9(18)3-4-13(10)24-2/h3-7H,1-2H3,(H2,20,21,22,23,25). The normalized spacial score (nSPS) is 10.6. The van der Waals surface area contributed by atoms with Gasteiger partial charge in [-0.25, -0.2) is 4.98 Å². The Balaban J connectivity index is 1.75. The zero-order valence-electron chi connectivity index (χ0n) is 13.7. The molecule has 0 aliphatic rings. The molecular formula is C17H13BrClN3O2S2. The molecule has 0 radical (unpaired) electrons. The van der Waals surface area contributed by atoms with Crippen molar-refractivity contribution in [3.63, 3.8) is 0 Å². The molecule has 1 amide bonds. The number of aromatic nitrogens is 1. The van der Waals surface area contributed by atoms with E-state index in [2.05, 4.69) is 31.5 Å². The lowest BCUT2D eigenvalue weighted by atomic mass is 10.2. The van der Waals surface area contributed by atoms with Gasteiger partial charge >= 0.3 is 0 Å². The zero-order chi connectivity index (χ0) is 18.8. The van der Waals surface area contributed by atoms with Crippen LogP contribution >= 0.6 is 51.1 Å². The van der Waals surface area contributed by atoms with Gasteiger partial charge in [0.25, 0.3) is 5.91 Å². The number of methoxy groups -OCH3 is 1. The highest BCUT2D eigenvalue weighted by Gasteiger charge is 2.15. The van der Waals surface area contributed by atoms with Crippen LogP contribution in [0.4, 0.5) is 5.13 Å². The number of carbonyl (C=O) groups excluding carboxylic acids is 1. The SMILES string of the molecule is COc1ccc(Br)cc1C(=O)NC(=S)Nc1nc2cc(Cl)c(C)cc2s1. The third-order valence-corrected chi connectivity index (χ3v) is 5.56. The van der Waals surface area contributed by atoms with Crippen molar-refractivity contribution >= 4 is 77.5 Å². The average molecular weight is 471 g/mol. The lowest BCUT2D eigenvalue weighted by molar-refractivity contribution is 0.0974. The van der Waals surface area contributed by atoms with Gasteiger partial charge in [-0.15, -0.1) is 0 Å². The number of aryl methyl sites for hydroxylation is 1. The van der Waals surface area contributed by atoms with Crippen molar-refractivity contribution in [2.75, 3.05) is 12.4 Å². The fraction of sp³-hybridized carbons (Fsp3) is 0.118. The zero-order valence-corrected chi connectivity index (χ0v) is 17.7. The summed E-state index contributed by atoms with van der Waals surface area (Å²) < 4.78 is 6.96. The molecule has 0 fully saturated rings. The van der Waals surface area contributed by atoms with Crippen LogP contribution in [0.1, 0.15) is 15.9 Å². The second kappa shape index (κ2) is 7.87. The first-order chi connectivity index (χ1) is 12.4. The number of anilines is 1. The smallest absolute Gasteiger partial charge is 0.261 e. The quantitative estimate of drug-likeness (QED) is 0.518. The third-order valence-electron chi connectivity index (χ3n) is 3.52. The first-order valence-corrected chi connectivity index (χ1v) is 9.79. The molecule has 5 nitrogen and oxygen atoms in total. The molecule has 2 aromatic carbocycles. The number of amides is 1. The topological polar surface area (TPSA) is 63.2 Å². The molecule has 0 bridgehead atoms. The van der Waals surface area contributed by atoms with Crippen molar-refractivity contribution in [2.45, 2.75) is 6.92 Å². The molecule has 0 aliphatic carbocycles. The summed E-state index contributed by atoms with van der Waals surface area (Å²) in [6.45, 7) is 1.94. The molecule has 0 unspecified atom stereocenters. The fourth-order valence-corrected chi connectivity index (χ4v) is 3.98. The summed E-state index contributed by atoms with van der Waals surface area (Å²) in [7, 11) is 1.50. The number of carbonyl (C=O) groups is 1. The number of nitrogens with zero attached hydrogens (tertiary/aromatic N) is 1. The van der Waals surface area contributed by atoms with E-state index in [1.165, 1.54) is 18.4 Å². The summed E-state index contributed by atoms with van der Waals surface area (Å²) in [6, 6.07) is 8.94. The van der Waals surface area contributed by atoms with E-state index in [1.54, 1.807) is 18.2 Å². The number of halogens is 2. The molecule has 3 rings (SSSR count). The van der Waals surface area contributed by atoms with E-state index in [1.807, 2.05) is 19.1 Å². The van der Waals surface area contributed by atoms with E-state index in [-0.39, 0.29) is 11.0 Å². The Bertz CT molecular complexity index is 984. The lowest BCUT2D eigenvalue weighted by Gasteiger charge is -2.10. The first kappa shape index (κ1) is 19.0. The van der Waals surface area contributed by atoms with Gasteiger partial charge in [-0.05, 0) is 55.0 Å². The van der Waals surface area contributed by atoms with Crippen molar-refractivity contribution in [3.05, 3.63) is 51.0 Å². The van der Waals surface area contributed by atoms with Crippen molar-refractivity contribution in [3.8, 4) is 5.75 Å². The van der Waals surface area contributed by atoms with Gasteiger partial charge in [0.05, 0.1) is 22.9 Å². The number of benzene rings is 2. The van der Waals surface area contributed by atoms with Crippen LogP contribution < -0.4 is 15.4 Å². The lowest BCUT2D eigenvalue weighted by Crippen LogP contribution is -2.34. The number of hydrogen-bond acceptors (Lipinski definition) is 5. The molecule has 3 aromatic rings. The maximum absolute atomic E-state index is 12.5. The van der Waals surface area contributed by atoms with Crippen LogP contribution in [-0.2, 0) is 0 Å².